The smallest absolute Gasteiger partial charge is 0.270 e. The van der Waals surface area contributed by atoms with Gasteiger partial charge in [0.2, 0.25) is 0 Å². The maximum Gasteiger partial charge on any atom is 0.296 e. The summed E-state index contributed by atoms with van der Waals surface area (Å²) in [7, 11) is -2.31. The number of benzene rings is 2. The zero-order chi connectivity index (χ0) is 17.8. The van der Waals surface area contributed by atoms with Crippen LogP contribution < -0.4 is 0 Å². The van der Waals surface area contributed by atoms with Gasteiger partial charge in [-0.2, -0.15) is 16.8 Å². The van der Waals surface area contributed by atoms with Crippen LogP contribution in [-0.4, -0.2) is 31.1 Å². The minimum atomic E-state index is -3.69. The summed E-state index contributed by atoms with van der Waals surface area (Å²) in [6.45, 7) is 0. The lowest BCUT2D eigenvalue weighted by Crippen LogP contribution is -2.02. The van der Waals surface area contributed by atoms with Crippen LogP contribution in [-0.2, 0) is 28.6 Å². The Morgan fingerprint density at radius 3 is 1.17 bits per heavy atom. The Hall–Kier alpha value is -1.04. The molecule has 130 valence electrons. The molecular formula is C14H14O6S4. The standard InChI is InChI=1S/C14H14O6S4/c1-19-23(15,16)13-7-3-11(4-8-13)21-22-12-5-9-14(10-6-12)24(17,18)20-2/h3-10H,1-2H3. The molecule has 0 amide bonds. The predicted octanol–water partition coefficient (Wildman–Crippen LogP) is 3.16. The van der Waals surface area contributed by atoms with Crippen molar-refractivity contribution in [1.29, 1.82) is 0 Å². The Morgan fingerprint density at radius 1 is 0.625 bits per heavy atom. The van der Waals surface area contributed by atoms with Gasteiger partial charge in [-0.25, -0.2) is 0 Å². The quantitative estimate of drug-likeness (QED) is 0.512. The first-order valence-corrected chi connectivity index (χ1v) is 11.4. The third kappa shape index (κ3) is 4.74. The molecule has 0 spiro atoms. The largest absolute Gasteiger partial charge is 0.296 e. The third-order valence-electron chi connectivity index (χ3n) is 2.90. The fourth-order valence-electron chi connectivity index (χ4n) is 1.61. The Bertz CT molecular complexity index is 810. The lowest BCUT2D eigenvalue weighted by Gasteiger charge is -2.05. The molecule has 2 aromatic carbocycles. The fourth-order valence-corrected chi connectivity index (χ4v) is 4.87. The van der Waals surface area contributed by atoms with Crippen LogP contribution in [0.3, 0.4) is 0 Å². The normalized spacial score (nSPS) is 12.2. The minimum Gasteiger partial charge on any atom is -0.270 e. The molecule has 0 atom stereocenters. The van der Waals surface area contributed by atoms with Gasteiger partial charge in [-0.3, -0.25) is 8.37 Å². The van der Waals surface area contributed by atoms with Gasteiger partial charge in [0.15, 0.2) is 0 Å². The van der Waals surface area contributed by atoms with E-state index in [1.54, 1.807) is 24.3 Å². The van der Waals surface area contributed by atoms with Crippen LogP contribution >= 0.6 is 21.6 Å². The maximum atomic E-state index is 11.5. The highest BCUT2D eigenvalue weighted by atomic mass is 33.1. The van der Waals surface area contributed by atoms with Gasteiger partial charge in [-0.1, -0.05) is 21.6 Å². The van der Waals surface area contributed by atoms with Crippen LogP contribution in [0.2, 0.25) is 0 Å². The SMILES string of the molecule is COS(=O)(=O)c1ccc(SSc2ccc(S(=O)(=O)OC)cc2)cc1. The van der Waals surface area contributed by atoms with E-state index in [2.05, 4.69) is 8.37 Å². The van der Waals surface area contributed by atoms with Crippen molar-refractivity contribution < 1.29 is 25.2 Å². The van der Waals surface area contributed by atoms with Crippen LogP contribution in [0.5, 0.6) is 0 Å². The van der Waals surface area contributed by atoms with E-state index in [0.717, 1.165) is 24.0 Å². The van der Waals surface area contributed by atoms with E-state index in [1.807, 2.05) is 0 Å². The molecule has 0 N–H and O–H groups in total. The van der Waals surface area contributed by atoms with Crippen molar-refractivity contribution in [3.8, 4) is 0 Å². The van der Waals surface area contributed by atoms with Gasteiger partial charge in [-0.05, 0) is 48.5 Å². The van der Waals surface area contributed by atoms with E-state index in [4.69, 9.17) is 0 Å². The second-order valence-electron chi connectivity index (χ2n) is 4.35. The van der Waals surface area contributed by atoms with Crippen LogP contribution in [0.25, 0.3) is 0 Å². The lowest BCUT2D eigenvalue weighted by atomic mass is 10.4. The van der Waals surface area contributed by atoms with Crippen molar-refractivity contribution in [3.05, 3.63) is 48.5 Å². The third-order valence-corrected chi connectivity index (χ3v) is 7.89. The average Bonchev–Trinajstić information content (AvgIpc) is 2.60. The molecule has 0 radical (unpaired) electrons. The molecule has 24 heavy (non-hydrogen) atoms. The molecule has 0 aliphatic rings. The highest BCUT2D eigenvalue weighted by molar-refractivity contribution is 8.76. The van der Waals surface area contributed by atoms with Crippen LogP contribution in [0.1, 0.15) is 0 Å². The number of hydrogen-bond donors (Lipinski definition) is 0. The molecule has 0 saturated heterocycles. The highest BCUT2D eigenvalue weighted by Crippen LogP contribution is 2.37. The molecule has 10 heteroatoms. The molecule has 0 aromatic heterocycles. The van der Waals surface area contributed by atoms with Gasteiger partial charge in [0.05, 0.1) is 24.0 Å². The van der Waals surface area contributed by atoms with E-state index >= 15 is 0 Å². The van der Waals surface area contributed by atoms with E-state index < -0.39 is 20.2 Å². The molecule has 2 rings (SSSR count). The minimum absolute atomic E-state index is 0.0912. The topological polar surface area (TPSA) is 86.7 Å². The van der Waals surface area contributed by atoms with Gasteiger partial charge >= 0.3 is 0 Å². The first-order valence-electron chi connectivity index (χ1n) is 6.44. The molecule has 0 aliphatic carbocycles. The molecule has 0 bridgehead atoms. The van der Waals surface area contributed by atoms with Crippen LogP contribution in [0, 0.1) is 0 Å². The van der Waals surface area contributed by atoms with Gasteiger partial charge < -0.3 is 0 Å². The van der Waals surface area contributed by atoms with Crippen molar-refractivity contribution in [3.63, 3.8) is 0 Å². The highest BCUT2D eigenvalue weighted by Gasteiger charge is 2.13. The van der Waals surface area contributed by atoms with Crippen molar-refractivity contribution in [2.24, 2.45) is 0 Å². The fraction of sp³-hybridized carbons (Fsp3) is 0.143. The Morgan fingerprint density at radius 2 is 0.917 bits per heavy atom. The lowest BCUT2D eigenvalue weighted by molar-refractivity contribution is 0.396. The zero-order valence-electron chi connectivity index (χ0n) is 12.7. The number of rotatable bonds is 7. The molecule has 0 fully saturated rings. The summed E-state index contributed by atoms with van der Waals surface area (Å²) >= 11 is 0. The van der Waals surface area contributed by atoms with Crippen molar-refractivity contribution in [1.82, 2.24) is 0 Å². The zero-order valence-corrected chi connectivity index (χ0v) is 16.0. The summed E-state index contributed by atoms with van der Waals surface area (Å²) < 4.78 is 55.0. The van der Waals surface area contributed by atoms with Gasteiger partial charge in [0, 0.05) is 9.79 Å². The monoisotopic (exact) mass is 406 g/mol. The van der Waals surface area contributed by atoms with E-state index in [0.29, 0.717) is 0 Å². The Kier molecular flexibility index (Phi) is 6.34. The van der Waals surface area contributed by atoms with Crippen molar-refractivity contribution in [2.45, 2.75) is 19.6 Å². The molecule has 6 nitrogen and oxygen atoms in total. The summed E-state index contributed by atoms with van der Waals surface area (Å²) in [5.74, 6) is 0. The summed E-state index contributed by atoms with van der Waals surface area (Å²) in [6.07, 6.45) is 0. The van der Waals surface area contributed by atoms with Gasteiger partial charge in [0.25, 0.3) is 20.2 Å². The molecule has 0 heterocycles. The maximum absolute atomic E-state index is 11.5. The summed E-state index contributed by atoms with van der Waals surface area (Å²) in [5, 5.41) is 0. The second kappa shape index (κ2) is 7.89. The number of hydrogen-bond acceptors (Lipinski definition) is 8. The van der Waals surface area contributed by atoms with Crippen LogP contribution in [0.4, 0.5) is 0 Å². The Labute approximate surface area is 149 Å². The van der Waals surface area contributed by atoms with Crippen molar-refractivity contribution in [2.75, 3.05) is 14.2 Å². The Balaban J connectivity index is 2.04. The van der Waals surface area contributed by atoms with E-state index in [1.165, 1.54) is 45.9 Å². The molecule has 0 aliphatic heterocycles. The predicted molar refractivity (Wildman–Crippen MR) is 93.0 cm³/mol. The van der Waals surface area contributed by atoms with E-state index in [-0.39, 0.29) is 9.79 Å². The average molecular weight is 407 g/mol. The van der Waals surface area contributed by atoms with Gasteiger partial charge in [0.1, 0.15) is 0 Å². The van der Waals surface area contributed by atoms with Crippen molar-refractivity contribution >= 4 is 41.8 Å². The molecule has 0 saturated carbocycles. The van der Waals surface area contributed by atoms with E-state index in [9.17, 15) is 16.8 Å². The summed E-state index contributed by atoms with van der Waals surface area (Å²) in [5.41, 5.74) is 0. The first kappa shape index (κ1) is 19.3. The van der Waals surface area contributed by atoms with Crippen LogP contribution in [0.15, 0.2) is 68.1 Å². The molecule has 2 aromatic rings. The first-order chi connectivity index (χ1) is 11.3. The van der Waals surface area contributed by atoms with Gasteiger partial charge in [-0.15, -0.1) is 0 Å². The molecular weight excluding hydrogens is 392 g/mol. The second-order valence-corrected chi connectivity index (χ2v) is 10.1. The summed E-state index contributed by atoms with van der Waals surface area (Å²) in [4.78, 5) is 1.88. The summed E-state index contributed by atoms with van der Waals surface area (Å²) in [6, 6.07) is 12.6. The molecule has 0 unspecified atom stereocenters.